The van der Waals surface area contributed by atoms with Crippen molar-refractivity contribution in [2.75, 3.05) is 5.32 Å². The smallest absolute Gasteiger partial charge is 0.347 e. The van der Waals surface area contributed by atoms with Gasteiger partial charge in [0.2, 0.25) is 0 Å². The summed E-state index contributed by atoms with van der Waals surface area (Å²) in [5, 5.41) is 3.03. The molecule has 0 aromatic heterocycles. The molecular formula is C19H20ClNO4. The van der Waals surface area contributed by atoms with E-state index in [0.717, 1.165) is 5.56 Å². The topological polar surface area (TPSA) is 64.6 Å². The molecule has 0 heterocycles. The minimum atomic E-state index is -0.979. The zero-order valence-corrected chi connectivity index (χ0v) is 15.0. The van der Waals surface area contributed by atoms with Gasteiger partial charge in [-0.1, -0.05) is 41.4 Å². The summed E-state index contributed by atoms with van der Waals surface area (Å²) in [6.07, 6.45) is -1.81. The Labute approximate surface area is 151 Å². The monoisotopic (exact) mass is 361 g/mol. The lowest BCUT2D eigenvalue weighted by atomic mass is 10.2. The Kier molecular flexibility index (Phi) is 6.42. The molecule has 0 spiro atoms. The summed E-state index contributed by atoms with van der Waals surface area (Å²) >= 11 is 5.99. The number of carbonyl (C=O) groups is 2. The maximum atomic E-state index is 12.1. The maximum Gasteiger partial charge on any atom is 0.347 e. The van der Waals surface area contributed by atoms with Crippen LogP contribution in [0.3, 0.4) is 0 Å². The molecule has 2 atom stereocenters. The van der Waals surface area contributed by atoms with Gasteiger partial charge in [0.1, 0.15) is 5.75 Å². The minimum absolute atomic E-state index is 0.408. The predicted octanol–water partition coefficient (Wildman–Crippen LogP) is 3.99. The van der Waals surface area contributed by atoms with Crippen LogP contribution in [0.25, 0.3) is 0 Å². The molecule has 0 saturated carbocycles. The van der Waals surface area contributed by atoms with Gasteiger partial charge in [-0.15, -0.1) is 0 Å². The van der Waals surface area contributed by atoms with Crippen LogP contribution in [0.15, 0.2) is 48.5 Å². The average molecular weight is 362 g/mol. The molecule has 1 amide bonds. The summed E-state index contributed by atoms with van der Waals surface area (Å²) in [4.78, 5) is 24.2. The first-order valence-electron chi connectivity index (χ1n) is 7.86. The minimum Gasteiger partial charge on any atom is -0.479 e. The summed E-state index contributed by atoms with van der Waals surface area (Å²) in [5.41, 5.74) is 1.55. The summed E-state index contributed by atoms with van der Waals surface area (Å²) in [6.45, 7) is 5.02. The third kappa shape index (κ3) is 5.50. The van der Waals surface area contributed by atoms with E-state index in [4.69, 9.17) is 21.1 Å². The van der Waals surface area contributed by atoms with Crippen molar-refractivity contribution in [3.63, 3.8) is 0 Å². The highest BCUT2D eigenvalue weighted by Crippen LogP contribution is 2.21. The number of rotatable bonds is 6. The number of hydrogen-bond acceptors (Lipinski definition) is 4. The van der Waals surface area contributed by atoms with E-state index in [9.17, 15) is 9.59 Å². The molecule has 25 heavy (non-hydrogen) atoms. The largest absolute Gasteiger partial charge is 0.479 e. The van der Waals surface area contributed by atoms with E-state index in [0.29, 0.717) is 16.5 Å². The molecule has 0 aliphatic carbocycles. The van der Waals surface area contributed by atoms with Gasteiger partial charge in [0.05, 0.1) is 10.7 Å². The number of nitrogens with one attached hydrogen (secondary N) is 1. The first-order valence-corrected chi connectivity index (χ1v) is 8.24. The van der Waals surface area contributed by atoms with Crippen LogP contribution in [-0.4, -0.2) is 24.1 Å². The molecule has 132 valence electrons. The summed E-state index contributed by atoms with van der Waals surface area (Å²) in [7, 11) is 0. The van der Waals surface area contributed by atoms with E-state index < -0.39 is 24.1 Å². The van der Waals surface area contributed by atoms with Crippen molar-refractivity contribution in [2.45, 2.75) is 33.0 Å². The Bertz CT molecular complexity index is 745. The van der Waals surface area contributed by atoms with Gasteiger partial charge < -0.3 is 14.8 Å². The fourth-order valence-corrected chi connectivity index (χ4v) is 2.17. The number of anilines is 1. The molecule has 0 aliphatic rings. The van der Waals surface area contributed by atoms with E-state index in [1.165, 1.54) is 6.92 Å². The molecule has 0 fully saturated rings. The number of para-hydroxylation sites is 1. The number of aryl methyl sites for hydroxylation is 1. The summed E-state index contributed by atoms with van der Waals surface area (Å²) in [6, 6.07) is 14.1. The fraction of sp³-hybridized carbons (Fsp3) is 0.263. The normalized spacial score (nSPS) is 12.8. The molecule has 2 aromatic carbocycles. The lowest BCUT2D eigenvalue weighted by Gasteiger charge is -2.18. The van der Waals surface area contributed by atoms with Gasteiger partial charge in [-0.25, -0.2) is 4.79 Å². The van der Waals surface area contributed by atoms with Crippen LogP contribution in [0.1, 0.15) is 19.4 Å². The number of ether oxygens (including phenoxy) is 2. The Morgan fingerprint density at radius 1 is 1.00 bits per heavy atom. The average Bonchev–Trinajstić information content (AvgIpc) is 2.58. The van der Waals surface area contributed by atoms with Gasteiger partial charge in [0.15, 0.2) is 12.2 Å². The molecule has 0 aliphatic heterocycles. The second kappa shape index (κ2) is 8.53. The molecule has 1 N–H and O–H groups in total. The number of esters is 1. The van der Waals surface area contributed by atoms with E-state index in [1.54, 1.807) is 43.3 Å². The number of halogens is 1. The van der Waals surface area contributed by atoms with Crippen LogP contribution < -0.4 is 10.1 Å². The summed E-state index contributed by atoms with van der Waals surface area (Å²) in [5.74, 6) is -0.533. The Morgan fingerprint density at radius 3 is 2.28 bits per heavy atom. The van der Waals surface area contributed by atoms with Crippen LogP contribution >= 0.6 is 11.6 Å². The van der Waals surface area contributed by atoms with Crippen molar-refractivity contribution in [1.82, 2.24) is 0 Å². The van der Waals surface area contributed by atoms with Gasteiger partial charge in [0, 0.05) is 0 Å². The van der Waals surface area contributed by atoms with Crippen molar-refractivity contribution in [3.8, 4) is 5.75 Å². The zero-order valence-electron chi connectivity index (χ0n) is 14.3. The highest BCUT2D eigenvalue weighted by Gasteiger charge is 2.23. The zero-order chi connectivity index (χ0) is 18.4. The van der Waals surface area contributed by atoms with Gasteiger partial charge in [-0.3, -0.25) is 4.79 Å². The van der Waals surface area contributed by atoms with Crippen molar-refractivity contribution in [3.05, 3.63) is 59.1 Å². The van der Waals surface area contributed by atoms with Crippen molar-refractivity contribution in [2.24, 2.45) is 0 Å². The van der Waals surface area contributed by atoms with Crippen LogP contribution in [0.2, 0.25) is 5.02 Å². The van der Waals surface area contributed by atoms with Crippen LogP contribution in [0.4, 0.5) is 5.69 Å². The Hall–Kier alpha value is -2.53. The molecule has 2 rings (SSSR count). The highest BCUT2D eigenvalue weighted by atomic mass is 35.5. The predicted molar refractivity (Wildman–Crippen MR) is 96.9 cm³/mol. The van der Waals surface area contributed by atoms with Crippen molar-refractivity contribution < 1.29 is 19.1 Å². The number of amides is 1. The van der Waals surface area contributed by atoms with E-state index in [2.05, 4.69) is 5.32 Å². The first-order chi connectivity index (χ1) is 11.9. The van der Waals surface area contributed by atoms with Gasteiger partial charge in [-0.2, -0.15) is 0 Å². The third-order valence-electron chi connectivity index (χ3n) is 3.46. The molecule has 5 nitrogen and oxygen atoms in total. The second-order valence-electron chi connectivity index (χ2n) is 5.62. The van der Waals surface area contributed by atoms with Crippen LogP contribution in [0.5, 0.6) is 5.75 Å². The Balaban J connectivity index is 1.89. The Morgan fingerprint density at radius 2 is 1.64 bits per heavy atom. The second-order valence-corrected chi connectivity index (χ2v) is 6.03. The molecular weight excluding hydrogens is 342 g/mol. The summed E-state index contributed by atoms with van der Waals surface area (Å²) < 4.78 is 10.7. The standard InChI is InChI=1S/C19H20ClNO4/c1-12-8-10-15(11-9-12)24-14(3)19(23)25-13(2)18(22)21-17-7-5-4-6-16(17)20/h4-11,13-14H,1-3H3,(H,21,22). The lowest BCUT2D eigenvalue weighted by molar-refractivity contribution is -0.159. The first kappa shape index (κ1) is 18.8. The fourth-order valence-electron chi connectivity index (χ4n) is 1.99. The molecule has 2 aromatic rings. The number of benzene rings is 2. The van der Waals surface area contributed by atoms with Gasteiger partial charge in [-0.05, 0) is 45.0 Å². The van der Waals surface area contributed by atoms with Gasteiger partial charge in [0.25, 0.3) is 5.91 Å². The maximum absolute atomic E-state index is 12.1. The highest BCUT2D eigenvalue weighted by molar-refractivity contribution is 6.33. The van der Waals surface area contributed by atoms with Crippen LogP contribution in [-0.2, 0) is 14.3 Å². The number of hydrogen-bond donors (Lipinski definition) is 1. The van der Waals surface area contributed by atoms with Crippen molar-refractivity contribution in [1.29, 1.82) is 0 Å². The van der Waals surface area contributed by atoms with E-state index in [1.807, 2.05) is 19.1 Å². The molecule has 0 bridgehead atoms. The third-order valence-corrected chi connectivity index (χ3v) is 3.79. The quantitative estimate of drug-likeness (QED) is 0.790. The van der Waals surface area contributed by atoms with Crippen molar-refractivity contribution >= 4 is 29.2 Å². The SMILES string of the molecule is Cc1ccc(OC(C)C(=O)OC(C)C(=O)Nc2ccccc2Cl)cc1. The van der Waals surface area contributed by atoms with E-state index >= 15 is 0 Å². The molecule has 0 radical (unpaired) electrons. The van der Waals surface area contributed by atoms with E-state index in [-0.39, 0.29) is 0 Å². The lowest BCUT2D eigenvalue weighted by Crippen LogP contribution is -2.35. The van der Waals surface area contributed by atoms with Crippen LogP contribution in [0, 0.1) is 6.92 Å². The number of carbonyl (C=O) groups excluding carboxylic acids is 2. The molecule has 2 unspecified atom stereocenters. The molecule has 0 saturated heterocycles. The molecule has 6 heteroatoms. The van der Waals surface area contributed by atoms with Gasteiger partial charge >= 0.3 is 5.97 Å².